The Bertz CT molecular complexity index is 594. The summed E-state index contributed by atoms with van der Waals surface area (Å²) in [5, 5.41) is 6.77. The van der Waals surface area contributed by atoms with Crippen molar-refractivity contribution in [1.29, 1.82) is 0 Å². The van der Waals surface area contributed by atoms with E-state index in [0.29, 0.717) is 18.4 Å². The van der Waals surface area contributed by atoms with Crippen molar-refractivity contribution in [1.82, 2.24) is 15.1 Å². The predicted molar refractivity (Wildman–Crippen MR) is 86.3 cm³/mol. The molecule has 1 heterocycles. The van der Waals surface area contributed by atoms with E-state index in [9.17, 15) is 4.79 Å². The largest absolute Gasteiger partial charge is 0.342 e. The molecule has 1 aliphatic rings. The molecule has 2 aromatic rings. The van der Waals surface area contributed by atoms with E-state index in [0.717, 1.165) is 18.5 Å². The monoisotopic (exact) mass is 297 g/mol. The lowest BCUT2D eigenvalue weighted by Crippen LogP contribution is -2.40. The van der Waals surface area contributed by atoms with Gasteiger partial charge in [-0.1, -0.05) is 36.8 Å². The lowest BCUT2D eigenvalue weighted by Gasteiger charge is -2.30. The Morgan fingerprint density at radius 3 is 2.82 bits per heavy atom. The maximum absolute atomic E-state index is 12.5. The fourth-order valence-corrected chi connectivity index (χ4v) is 3.54. The molecule has 2 unspecified atom stereocenters. The highest BCUT2D eigenvalue weighted by Gasteiger charge is 2.32. The lowest BCUT2D eigenvalue weighted by atomic mass is 9.93. The van der Waals surface area contributed by atoms with Crippen molar-refractivity contribution >= 4 is 5.91 Å². The predicted octanol–water partition coefficient (Wildman–Crippen LogP) is 2.82. The number of nitrogens with one attached hydrogen (secondary N) is 1. The van der Waals surface area contributed by atoms with Crippen molar-refractivity contribution in [2.45, 2.75) is 38.1 Å². The van der Waals surface area contributed by atoms with Crippen LogP contribution in [0.3, 0.4) is 0 Å². The number of rotatable bonds is 5. The summed E-state index contributed by atoms with van der Waals surface area (Å²) >= 11 is 0. The minimum atomic E-state index is 0.175. The molecule has 1 N–H and O–H groups in total. The highest BCUT2D eigenvalue weighted by atomic mass is 16.2. The van der Waals surface area contributed by atoms with Gasteiger partial charge in [-0.25, -0.2) is 0 Å². The molecule has 1 aromatic heterocycles. The summed E-state index contributed by atoms with van der Waals surface area (Å²) in [7, 11) is 1.95. The summed E-state index contributed by atoms with van der Waals surface area (Å²) in [4.78, 5) is 14.4. The van der Waals surface area contributed by atoms with Crippen molar-refractivity contribution in [3.05, 3.63) is 53.9 Å². The molecule has 1 aromatic carbocycles. The zero-order valence-electron chi connectivity index (χ0n) is 13.0. The van der Waals surface area contributed by atoms with E-state index in [4.69, 9.17) is 0 Å². The number of nitrogens with zero attached hydrogens (tertiary/aromatic N) is 2. The Labute approximate surface area is 131 Å². The van der Waals surface area contributed by atoms with Gasteiger partial charge in [0.2, 0.25) is 5.91 Å². The molecule has 1 saturated carbocycles. The minimum absolute atomic E-state index is 0.175. The second-order valence-electron chi connectivity index (χ2n) is 6.21. The third kappa shape index (κ3) is 3.38. The maximum Gasteiger partial charge on any atom is 0.228 e. The Hall–Kier alpha value is -2.10. The summed E-state index contributed by atoms with van der Waals surface area (Å²) in [6, 6.07) is 12.8. The second kappa shape index (κ2) is 6.77. The number of aromatic nitrogens is 2. The van der Waals surface area contributed by atoms with Gasteiger partial charge in [0.05, 0.1) is 6.42 Å². The molecular weight excluding hydrogens is 274 g/mol. The number of likely N-dealkylation sites (N-methyl/N-ethyl adjacent to an activating group) is 1. The van der Waals surface area contributed by atoms with Gasteiger partial charge in [0.1, 0.15) is 0 Å². The van der Waals surface area contributed by atoms with Crippen molar-refractivity contribution in [3.8, 4) is 0 Å². The van der Waals surface area contributed by atoms with Crippen LogP contribution in [0.15, 0.2) is 42.6 Å². The smallest absolute Gasteiger partial charge is 0.228 e. The third-order valence-corrected chi connectivity index (χ3v) is 4.75. The van der Waals surface area contributed by atoms with Crippen LogP contribution in [0, 0.1) is 5.92 Å². The number of H-pyrrole nitrogens is 1. The molecule has 1 amide bonds. The zero-order valence-corrected chi connectivity index (χ0v) is 13.0. The number of amides is 1. The van der Waals surface area contributed by atoms with Gasteiger partial charge in [-0.2, -0.15) is 5.10 Å². The zero-order chi connectivity index (χ0) is 15.4. The second-order valence-corrected chi connectivity index (χ2v) is 6.21. The van der Waals surface area contributed by atoms with E-state index in [1.807, 2.05) is 18.0 Å². The van der Waals surface area contributed by atoms with Gasteiger partial charge < -0.3 is 4.90 Å². The van der Waals surface area contributed by atoms with Crippen LogP contribution in [0.2, 0.25) is 0 Å². The first kappa shape index (κ1) is 14.8. The van der Waals surface area contributed by atoms with Gasteiger partial charge in [-0.15, -0.1) is 0 Å². The minimum Gasteiger partial charge on any atom is -0.342 e. The first-order valence-electron chi connectivity index (χ1n) is 8.02. The number of carbonyl (C=O) groups is 1. The Morgan fingerprint density at radius 1 is 1.27 bits per heavy atom. The average Bonchev–Trinajstić information content (AvgIpc) is 3.19. The van der Waals surface area contributed by atoms with Crippen LogP contribution in [0.5, 0.6) is 0 Å². The topological polar surface area (TPSA) is 49.0 Å². The summed E-state index contributed by atoms with van der Waals surface area (Å²) in [6.07, 6.45) is 6.70. The first-order valence-corrected chi connectivity index (χ1v) is 8.02. The van der Waals surface area contributed by atoms with Crippen LogP contribution in [0.1, 0.15) is 30.5 Å². The summed E-state index contributed by atoms with van der Waals surface area (Å²) in [5.41, 5.74) is 2.25. The van der Waals surface area contributed by atoms with E-state index in [1.165, 1.54) is 18.4 Å². The number of hydrogen-bond donors (Lipinski definition) is 1. The van der Waals surface area contributed by atoms with E-state index < -0.39 is 0 Å². The molecule has 4 heteroatoms. The molecule has 0 saturated heterocycles. The Balaban J connectivity index is 1.63. The molecule has 0 aliphatic heterocycles. The summed E-state index contributed by atoms with van der Waals surface area (Å²) in [6.45, 7) is 0. The van der Waals surface area contributed by atoms with Crippen molar-refractivity contribution in [3.63, 3.8) is 0 Å². The van der Waals surface area contributed by atoms with Gasteiger partial charge >= 0.3 is 0 Å². The molecule has 22 heavy (non-hydrogen) atoms. The third-order valence-electron chi connectivity index (χ3n) is 4.75. The van der Waals surface area contributed by atoms with E-state index >= 15 is 0 Å². The molecule has 1 fully saturated rings. The Morgan fingerprint density at radius 2 is 2.09 bits per heavy atom. The SMILES string of the molecule is CN(C(=O)Cc1ccn[nH]1)C1CCCC1Cc1ccccc1. The molecule has 0 radical (unpaired) electrons. The van der Waals surface area contributed by atoms with Crippen LogP contribution in [-0.4, -0.2) is 34.1 Å². The number of carbonyl (C=O) groups excluding carboxylic acids is 1. The van der Waals surface area contributed by atoms with Crippen LogP contribution in [-0.2, 0) is 17.6 Å². The van der Waals surface area contributed by atoms with Crippen LogP contribution < -0.4 is 0 Å². The molecule has 0 spiro atoms. The van der Waals surface area contributed by atoms with Crippen LogP contribution in [0.4, 0.5) is 0 Å². The Kier molecular flexibility index (Phi) is 4.56. The first-order chi connectivity index (χ1) is 10.7. The van der Waals surface area contributed by atoms with Crippen molar-refractivity contribution < 1.29 is 4.79 Å². The molecular formula is C18H23N3O. The molecule has 1 aliphatic carbocycles. The molecule has 116 valence electrons. The average molecular weight is 297 g/mol. The van der Waals surface area contributed by atoms with Crippen LogP contribution in [0.25, 0.3) is 0 Å². The summed E-state index contributed by atoms with van der Waals surface area (Å²) in [5.74, 6) is 0.743. The van der Waals surface area contributed by atoms with Crippen molar-refractivity contribution in [2.24, 2.45) is 5.92 Å². The van der Waals surface area contributed by atoms with Gasteiger partial charge in [0.25, 0.3) is 0 Å². The van der Waals surface area contributed by atoms with Crippen LogP contribution >= 0.6 is 0 Å². The summed E-state index contributed by atoms with van der Waals surface area (Å²) < 4.78 is 0. The van der Waals surface area contributed by atoms with E-state index in [1.54, 1.807) is 6.20 Å². The van der Waals surface area contributed by atoms with Crippen molar-refractivity contribution in [2.75, 3.05) is 7.05 Å². The maximum atomic E-state index is 12.5. The molecule has 4 nitrogen and oxygen atoms in total. The number of benzene rings is 1. The molecule has 2 atom stereocenters. The number of aromatic amines is 1. The van der Waals surface area contributed by atoms with Gasteiger partial charge in [-0.05, 0) is 36.8 Å². The van der Waals surface area contributed by atoms with Gasteiger partial charge in [0, 0.05) is 25.0 Å². The van der Waals surface area contributed by atoms with Gasteiger partial charge in [-0.3, -0.25) is 9.89 Å². The van der Waals surface area contributed by atoms with E-state index in [-0.39, 0.29) is 5.91 Å². The lowest BCUT2D eigenvalue weighted by molar-refractivity contribution is -0.132. The fraction of sp³-hybridized carbons (Fsp3) is 0.444. The van der Waals surface area contributed by atoms with E-state index in [2.05, 4.69) is 40.5 Å². The number of hydrogen-bond acceptors (Lipinski definition) is 2. The molecule has 3 rings (SSSR count). The molecule has 0 bridgehead atoms. The standard InChI is InChI=1S/C18H23N3O/c1-21(18(22)13-16-10-11-19-20-16)17-9-5-8-15(17)12-14-6-3-2-4-7-14/h2-4,6-7,10-11,15,17H,5,8-9,12-13H2,1H3,(H,19,20). The highest BCUT2D eigenvalue weighted by molar-refractivity contribution is 5.78. The highest BCUT2D eigenvalue weighted by Crippen LogP contribution is 2.32. The normalized spacial score (nSPS) is 21.0. The fourth-order valence-electron chi connectivity index (χ4n) is 3.54. The quantitative estimate of drug-likeness (QED) is 0.922. The van der Waals surface area contributed by atoms with Gasteiger partial charge in [0.15, 0.2) is 0 Å².